The van der Waals surface area contributed by atoms with Crippen LogP contribution in [0.15, 0.2) is 0 Å². The van der Waals surface area contributed by atoms with Crippen LogP contribution in [-0.2, 0) is 33.6 Å². The van der Waals surface area contributed by atoms with Crippen molar-refractivity contribution in [1.29, 1.82) is 0 Å². The van der Waals surface area contributed by atoms with E-state index in [1.165, 1.54) is 13.8 Å². The maximum Gasteiger partial charge on any atom is 0.302 e. The van der Waals surface area contributed by atoms with E-state index >= 15 is 0 Å². The Morgan fingerprint density at radius 1 is 0.875 bits per heavy atom. The molecule has 0 heterocycles. The molecule has 0 rings (SSSR count). The summed E-state index contributed by atoms with van der Waals surface area (Å²) in [6.07, 6.45) is 0. The van der Waals surface area contributed by atoms with Crippen LogP contribution in [0.1, 0.15) is 13.8 Å². The van der Waals surface area contributed by atoms with Crippen molar-refractivity contribution >= 4 is 11.9 Å². The first-order valence-electron chi connectivity index (χ1n) is 4.68. The number of rotatable bonds is 8. The molecule has 0 bridgehead atoms. The lowest BCUT2D eigenvalue weighted by Crippen LogP contribution is -2.21. The van der Waals surface area contributed by atoms with Gasteiger partial charge >= 0.3 is 18.4 Å². The Bertz CT molecular complexity index is 194. The van der Waals surface area contributed by atoms with E-state index in [9.17, 15) is 14.7 Å². The fourth-order valence-corrected chi connectivity index (χ4v) is 0.708. The van der Waals surface area contributed by atoms with Crippen molar-refractivity contribution in [2.24, 2.45) is 0 Å². The van der Waals surface area contributed by atoms with Gasteiger partial charge in [-0.15, -0.1) is 0 Å². The van der Waals surface area contributed by atoms with Crippen LogP contribution in [-0.4, -0.2) is 44.8 Å². The SMILES string of the molecule is CC(=O)OCCOC([O])OCCOC(C)=O. The highest BCUT2D eigenvalue weighted by Gasteiger charge is 2.06. The van der Waals surface area contributed by atoms with Crippen LogP contribution in [0.25, 0.3) is 0 Å². The van der Waals surface area contributed by atoms with Gasteiger partial charge in [-0.05, 0) is 0 Å². The van der Waals surface area contributed by atoms with E-state index in [2.05, 4.69) is 18.9 Å². The monoisotopic (exact) mass is 235 g/mol. The number of carbonyl (C=O) groups excluding carboxylic acids is 2. The van der Waals surface area contributed by atoms with Crippen LogP contribution in [0.5, 0.6) is 0 Å². The van der Waals surface area contributed by atoms with Gasteiger partial charge in [-0.2, -0.15) is 5.11 Å². The molecule has 0 aromatic carbocycles. The summed E-state index contributed by atoms with van der Waals surface area (Å²) >= 11 is 0. The number of carbonyl (C=O) groups is 2. The molecule has 16 heavy (non-hydrogen) atoms. The topological polar surface area (TPSA) is 91.0 Å². The van der Waals surface area contributed by atoms with Crippen LogP contribution >= 0.6 is 0 Å². The minimum Gasteiger partial charge on any atom is -0.463 e. The first kappa shape index (κ1) is 14.8. The molecular weight excluding hydrogens is 220 g/mol. The van der Waals surface area contributed by atoms with E-state index in [1.807, 2.05) is 0 Å². The Morgan fingerprint density at radius 3 is 1.56 bits per heavy atom. The third-order valence-corrected chi connectivity index (χ3v) is 1.29. The lowest BCUT2D eigenvalue weighted by molar-refractivity contribution is -0.296. The molecule has 0 spiro atoms. The van der Waals surface area contributed by atoms with Crippen molar-refractivity contribution in [3.05, 3.63) is 0 Å². The van der Waals surface area contributed by atoms with E-state index in [-0.39, 0.29) is 26.4 Å². The third kappa shape index (κ3) is 10.9. The lowest BCUT2D eigenvalue weighted by atomic mass is 10.7. The molecule has 7 nitrogen and oxygen atoms in total. The highest BCUT2D eigenvalue weighted by atomic mass is 16.8. The summed E-state index contributed by atoms with van der Waals surface area (Å²) in [6, 6.07) is 0. The van der Waals surface area contributed by atoms with Crippen molar-refractivity contribution in [3.8, 4) is 0 Å². The summed E-state index contributed by atoms with van der Waals surface area (Å²) in [7, 11) is 0. The van der Waals surface area contributed by atoms with Crippen LogP contribution in [0, 0.1) is 0 Å². The molecule has 1 radical (unpaired) electrons. The highest BCUT2D eigenvalue weighted by Crippen LogP contribution is 1.92. The smallest absolute Gasteiger partial charge is 0.302 e. The van der Waals surface area contributed by atoms with Gasteiger partial charge in [0, 0.05) is 13.8 Å². The van der Waals surface area contributed by atoms with Gasteiger partial charge in [-0.3, -0.25) is 9.59 Å². The van der Waals surface area contributed by atoms with Gasteiger partial charge in [0.15, 0.2) is 0 Å². The molecule has 0 aromatic heterocycles. The van der Waals surface area contributed by atoms with Gasteiger partial charge in [0.2, 0.25) is 0 Å². The molecule has 0 N–H and O–H groups in total. The minimum atomic E-state index is -1.67. The zero-order valence-electron chi connectivity index (χ0n) is 9.26. The maximum atomic E-state index is 10.9. The highest BCUT2D eigenvalue weighted by molar-refractivity contribution is 5.66. The van der Waals surface area contributed by atoms with E-state index in [0.717, 1.165) is 0 Å². The number of hydrogen-bond donors (Lipinski definition) is 0. The Hall–Kier alpha value is -1.18. The first-order chi connectivity index (χ1) is 7.52. The van der Waals surface area contributed by atoms with E-state index in [0.29, 0.717) is 0 Å². The molecule has 0 aromatic rings. The Kier molecular flexibility index (Phi) is 8.41. The van der Waals surface area contributed by atoms with Gasteiger partial charge in [0.1, 0.15) is 13.2 Å². The van der Waals surface area contributed by atoms with Crippen LogP contribution < -0.4 is 0 Å². The maximum absolute atomic E-state index is 10.9. The Labute approximate surface area is 93.2 Å². The molecule has 93 valence electrons. The van der Waals surface area contributed by atoms with Crippen molar-refractivity contribution in [2.75, 3.05) is 26.4 Å². The zero-order chi connectivity index (χ0) is 12.4. The van der Waals surface area contributed by atoms with Gasteiger partial charge in [0.25, 0.3) is 0 Å². The molecule has 0 atom stereocenters. The summed E-state index contributed by atoms with van der Waals surface area (Å²) in [5.41, 5.74) is 0. The molecule has 0 saturated heterocycles. The summed E-state index contributed by atoms with van der Waals surface area (Å²) in [5.74, 6) is -0.886. The standard InChI is InChI=1S/C9H15O7/c1-7(10)13-3-5-15-9(12)16-6-4-14-8(2)11/h9H,3-6H2,1-2H3. The third-order valence-electron chi connectivity index (χ3n) is 1.29. The van der Waals surface area contributed by atoms with Crippen LogP contribution in [0.3, 0.4) is 0 Å². The Morgan fingerprint density at radius 2 is 1.25 bits per heavy atom. The van der Waals surface area contributed by atoms with Gasteiger partial charge in [-0.1, -0.05) is 0 Å². The van der Waals surface area contributed by atoms with Crippen molar-refractivity contribution in [1.82, 2.24) is 0 Å². The number of ether oxygens (including phenoxy) is 4. The molecule has 0 aliphatic carbocycles. The quantitative estimate of drug-likeness (QED) is 0.330. The first-order valence-corrected chi connectivity index (χ1v) is 4.68. The zero-order valence-corrected chi connectivity index (χ0v) is 9.26. The summed E-state index contributed by atoms with van der Waals surface area (Å²) in [4.78, 5) is 20.7. The van der Waals surface area contributed by atoms with E-state index < -0.39 is 18.4 Å². The second kappa shape index (κ2) is 9.08. The normalized spacial score (nSPS) is 10.2. The minimum absolute atomic E-state index is 0.00137. The molecule has 7 heteroatoms. The average molecular weight is 235 g/mol. The van der Waals surface area contributed by atoms with Crippen LogP contribution in [0.4, 0.5) is 0 Å². The second-order valence-electron chi connectivity index (χ2n) is 2.71. The van der Waals surface area contributed by atoms with Crippen LogP contribution in [0.2, 0.25) is 0 Å². The molecule has 0 aliphatic rings. The van der Waals surface area contributed by atoms with Crippen molar-refractivity contribution < 1.29 is 33.6 Å². The largest absolute Gasteiger partial charge is 0.463 e. The summed E-state index contributed by atoms with van der Waals surface area (Å²) in [5, 5.41) is 10.9. The molecule has 0 unspecified atom stereocenters. The van der Waals surface area contributed by atoms with Crippen molar-refractivity contribution in [2.45, 2.75) is 20.3 Å². The number of esters is 2. The number of hydrogen-bond acceptors (Lipinski definition) is 6. The molecule has 0 fully saturated rings. The fourth-order valence-electron chi connectivity index (χ4n) is 0.708. The van der Waals surface area contributed by atoms with Gasteiger partial charge in [-0.25, -0.2) is 0 Å². The average Bonchev–Trinajstić information content (AvgIpc) is 2.19. The van der Waals surface area contributed by atoms with E-state index in [4.69, 9.17) is 0 Å². The second-order valence-corrected chi connectivity index (χ2v) is 2.71. The molecule has 0 aliphatic heterocycles. The Balaban J connectivity index is 3.27. The predicted octanol–water partition coefficient (Wildman–Crippen LogP) is -0.140. The summed E-state index contributed by atoms with van der Waals surface area (Å²) < 4.78 is 18.3. The lowest BCUT2D eigenvalue weighted by Gasteiger charge is -2.10. The van der Waals surface area contributed by atoms with E-state index in [1.54, 1.807) is 0 Å². The predicted molar refractivity (Wildman–Crippen MR) is 49.6 cm³/mol. The molecule has 0 saturated carbocycles. The molecule has 0 amide bonds. The molecular formula is C9H15O7. The summed E-state index contributed by atoms with van der Waals surface area (Å²) in [6.45, 7) is 0.756. The van der Waals surface area contributed by atoms with Gasteiger partial charge < -0.3 is 18.9 Å². The fraction of sp³-hybridized carbons (Fsp3) is 0.778. The van der Waals surface area contributed by atoms with Crippen molar-refractivity contribution in [3.63, 3.8) is 0 Å². The van der Waals surface area contributed by atoms with Gasteiger partial charge in [0.05, 0.1) is 13.2 Å².